The lowest BCUT2D eigenvalue weighted by molar-refractivity contribution is 0.0957. The molecule has 2 rings (SSSR count). The number of amides is 2. The number of ether oxygens (including phenoxy) is 2. The van der Waals surface area contributed by atoms with E-state index >= 15 is 0 Å². The number of nitrogens with one attached hydrogen (secondary N) is 2. The van der Waals surface area contributed by atoms with E-state index in [2.05, 4.69) is 22.2 Å². The molecule has 2 aromatic rings. The number of hydrogen-bond acceptors (Lipinski definition) is 5. The summed E-state index contributed by atoms with van der Waals surface area (Å²) in [5.74, 6) is 1.03. The number of hydrogen-bond donors (Lipinski definition) is 2. The van der Waals surface area contributed by atoms with E-state index in [1.165, 1.54) is 19.3 Å². The number of carbonyl (C=O) groups excluding carboxylic acids is 2. The highest BCUT2D eigenvalue weighted by Gasteiger charge is 2.07. The number of anilines is 1. The number of rotatable bonds is 5. The molecule has 124 valence electrons. The van der Waals surface area contributed by atoms with Crippen LogP contribution in [0.3, 0.4) is 0 Å². The number of aromatic nitrogens is 1. The minimum Gasteiger partial charge on any atom is -0.457 e. The monoisotopic (exact) mass is 327 g/mol. The topological polar surface area (TPSA) is 89.6 Å². The second-order valence-corrected chi connectivity index (χ2v) is 4.80. The van der Waals surface area contributed by atoms with Gasteiger partial charge in [0, 0.05) is 25.0 Å². The first-order valence-corrected chi connectivity index (χ1v) is 7.08. The highest BCUT2D eigenvalue weighted by molar-refractivity contribution is 5.92. The third-order valence-corrected chi connectivity index (χ3v) is 2.79. The number of carbonyl (C=O) groups is 2. The van der Waals surface area contributed by atoms with Crippen LogP contribution in [0.25, 0.3) is 0 Å². The van der Waals surface area contributed by atoms with Crippen molar-refractivity contribution in [2.45, 2.75) is 6.92 Å². The van der Waals surface area contributed by atoms with Crippen molar-refractivity contribution < 1.29 is 19.1 Å². The standard InChI is InChI=1S/C17H17N3O4/c1-11(2)23-17(22)20-12-4-6-13(7-5-12)24-14-8-9-19-15(10-14)16(21)18-3/h4-10H,1H2,2-3H3,(H,18,21)(H,20,22). The lowest BCUT2D eigenvalue weighted by Gasteiger charge is -2.09. The first-order valence-electron chi connectivity index (χ1n) is 7.08. The lowest BCUT2D eigenvalue weighted by atomic mass is 10.3. The molecule has 24 heavy (non-hydrogen) atoms. The lowest BCUT2D eigenvalue weighted by Crippen LogP contribution is -2.18. The van der Waals surface area contributed by atoms with Gasteiger partial charge >= 0.3 is 6.09 Å². The zero-order valence-corrected chi connectivity index (χ0v) is 13.3. The summed E-state index contributed by atoms with van der Waals surface area (Å²) in [6.45, 7) is 5.07. The van der Waals surface area contributed by atoms with Gasteiger partial charge in [0.15, 0.2) is 0 Å². The molecule has 2 N–H and O–H groups in total. The summed E-state index contributed by atoms with van der Waals surface area (Å²) < 4.78 is 10.5. The normalized spacial score (nSPS) is 9.75. The van der Waals surface area contributed by atoms with Crippen LogP contribution in [0.4, 0.5) is 10.5 Å². The predicted molar refractivity (Wildman–Crippen MR) is 89.1 cm³/mol. The summed E-state index contributed by atoms with van der Waals surface area (Å²) in [7, 11) is 1.53. The van der Waals surface area contributed by atoms with Crippen LogP contribution in [-0.4, -0.2) is 24.0 Å². The Morgan fingerprint density at radius 3 is 2.46 bits per heavy atom. The van der Waals surface area contributed by atoms with E-state index in [1.807, 2.05) is 0 Å². The molecule has 0 radical (unpaired) electrons. The number of allylic oxidation sites excluding steroid dienone is 1. The Kier molecular flexibility index (Phi) is 5.51. The fourth-order valence-electron chi connectivity index (χ4n) is 1.77. The van der Waals surface area contributed by atoms with Crippen molar-refractivity contribution in [1.29, 1.82) is 0 Å². The molecule has 0 atom stereocenters. The van der Waals surface area contributed by atoms with Crippen LogP contribution >= 0.6 is 0 Å². The highest BCUT2D eigenvalue weighted by atomic mass is 16.6. The van der Waals surface area contributed by atoms with Gasteiger partial charge in [0.1, 0.15) is 17.2 Å². The molecule has 0 aliphatic rings. The molecular formula is C17H17N3O4. The van der Waals surface area contributed by atoms with E-state index in [0.717, 1.165) is 0 Å². The largest absolute Gasteiger partial charge is 0.457 e. The third-order valence-electron chi connectivity index (χ3n) is 2.79. The van der Waals surface area contributed by atoms with E-state index in [4.69, 9.17) is 9.47 Å². The van der Waals surface area contributed by atoms with E-state index in [9.17, 15) is 9.59 Å². The molecule has 7 heteroatoms. The van der Waals surface area contributed by atoms with Gasteiger partial charge in [-0.25, -0.2) is 4.79 Å². The molecule has 1 aromatic heterocycles. The average molecular weight is 327 g/mol. The maximum atomic E-state index is 11.6. The van der Waals surface area contributed by atoms with Gasteiger partial charge < -0.3 is 14.8 Å². The van der Waals surface area contributed by atoms with Gasteiger partial charge in [0.2, 0.25) is 0 Å². The third kappa shape index (κ3) is 4.84. The molecule has 0 unspecified atom stereocenters. The van der Waals surface area contributed by atoms with Crippen LogP contribution in [0.1, 0.15) is 17.4 Å². The fourth-order valence-corrected chi connectivity index (χ4v) is 1.77. The molecule has 7 nitrogen and oxygen atoms in total. The van der Waals surface area contributed by atoms with Crippen LogP contribution in [0.15, 0.2) is 54.9 Å². The molecule has 0 saturated heterocycles. The molecule has 0 bridgehead atoms. The van der Waals surface area contributed by atoms with Gasteiger partial charge in [0.05, 0.1) is 5.76 Å². The molecule has 1 aromatic carbocycles. The van der Waals surface area contributed by atoms with Crippen molar-refractivity contribution in [2.75, 3.05) is 12.4 Å². The van der Waals surface area contributed by atoms with Gasteiger partial charge in [0.25, 0.3) is 5.91 Å². The minimum atomic E-state index is -0.611. The van der Waals surface area contributed by atoms with Crippen LogP contribution in [-0.2, 0) is 4.74 Å². The molecule has 0 saturated carbocycles. The summed E-state index contributed by atoms with van der Waals surface area (Å²) in [5.41, 5.74) is 0.810. The first kappa shape index (κ1) is 17.0. The SMILES string of the molecule is C=C(C)OC(=O)Nc1ccc(Oc2ccnc(C(=O)NC)c2)cc1. The maximum Gasteiger partial charge on any atom is 0.416 e. The fraction of sp³-hybridized carbons (Fsp3) is 0.118. The molecule has 0 aliphatic carbocycles. The summed E-state index contributed by atoms with van der Waals surface area (Å²) in [4.78, 5) is 27.0. The smallest absolute Gasteiger partial charge is 0.416 e. The molecule has 2 amide bonds. The van der Waals surface area contributed by atoms with Gasteiger partial charge in [-0.05, 0) is 37.3 Å². The Morgan fingerprint density at radius 1 is 1.12 bits per heavy atom. The number of benzene rings is 1. The second-order valence-electron chi connectivity index (χ2n) is 4.80. The number of pyridine rings is 1. The molecule has 1 heterocycles. The second kappa shape index (κ2) is 7.77. The van der Waals surface area contributed by atoms with Crippen molar-refractivity contribution in [3.63, 3.8) is 0 Å². The molecule has 0 spiro atoms. The van der Waals surface area contributed by atoms with E-state index in [1.54, 1.807) is 37.3 Å². The summed E-state index contributed by atoms with van der Waals surface area (Å²) in [6, 6.07) is 9.86. The van der Waals surface area contributed by atoms with Crippen molar-refractivity contribution in [3.05, 3.63) is 60.6 Å². The highest BCUT2D eigenvalue weighted by Crippen LogP contribution is 2.23. The Balaban J connectivity index is 2.02. The summed E-state index contributed by atoms with van der Waals surface area (Å²) in [5, 5.41) is 5.05. The van der Waals surface area contributed by atoms with Crippen LogP contribution in [0, 0.1) is 0 Å². The Hall–Kier alpha value is -3.35. The Labute approximate surface area is 139 Å². The van der Waals surface area contributed by atoms with Gasteiger partial charge in [-0.3, -0.25) is 15.1 Å². The zero-order chi connectivity index (χ0) is 17.5. The number of nitrogens with zero attached hydrogens (tertiary/aromatic N) is 1. The van der Waals surface area contributed by atoms with Crippen molar-refractivity contribution in [3.8, 4) is 11.5 Å². The average Bonchev–Trinajstić information content (AvgIpc) is 2.55. The summed E-state index contributed by atoms with van der Waals surface area (Å²) in [6.07, 6.45) is 0.879. The minimum absolute atomic E-state index is 0.260. The zero-order valence-electron chi connectivity index (χ0n) is 13.3. The Morgan fingerprint density at radius 2 is 1.83 bits per heavy atom. The van der Waals surface area contributed by atoms with E-state index < -0.39 is 6.09 Å². The maximum absolute atomic E-state index is 11.6. The van der Waals surface area contributed by atoms with E-state index in [-0.39, 0.29) is 11.6 Å². The first-order chi connectivity index (χ1) is 11.5. The Bertz CT molecular complexity index is 757. The van der Waals surface area contributed by atoms with E-state index in [0.29, 0.717) is 22.9 Å². The van der Waals surface area contributed by atoms with Crippen LogP contribution < -0.4 is 15.4 Å². The molecular weight excluding hydrogens is 310 g/mol. The van der Waals surface area contributed by atoms with Gasteiger partial charge in [-0.2, -0.15) is 0 Å². The van der Waals surface area contributed by atoms with Gasteiger partial charge in [-0.1, -0.05) is 6.58 Å². The van der Waals surface area contributed by atoms with Crippen molar-refractivity contribution >= 4 is 17.7 Å². The molecule has 0 fully saturated rings. The quantitative estimate of drug-likeness (QED) is 0.822. The van der Waals surface area contributed by atoms with Crippen molar-refractivity contribution in [2.24, 2.45) is 0 Å². The molecule has 0 aliphatic heterocycles. The van der Waals surface area contributed by atoms with Crippen LogP contribution in [0.5, 0.6) is 11.5 Å². The van der Waals surface area contributed by atoms with Gasteiger partial charge in [-0.15, -0.1) is 0 Å². The van der Waals surface area contributed by atoms with Crippen LogP contribution in [0.2, 0.25) is 0 Å². The summed E-state index contributed by atoms with van der Waals surface area (Å²) >= 11 is 0. The van der Waals surface area contributed by atoms with Crippen molar-refractivity contribution in [1.82, 2.24) is 10.3 Å². The predicted octanol–water partition coefficient (Wildman–Crippen LogP) is 3.32.